The molecule has 0 amide bonds. The number of unbranched alkanes of at least 4 members (excludes halogenated alkanes) is 3. The van der Waals surface area contributed by atoms with Gasteiger partial charge in [-0.25, -0.2) is 0 Å². The van der Waals surface area contributed by atoms with Crippen LogP contribution in [0.5, 0.6) is 0 Å². The summed E-state index contributed by atoms with van der Waals surface area (Å²) in [5.41, 5.74) is 0. The van der Waals surface area contributed by atoms with Gasteiger partial charge < -0.3 is 56.9 Å². The third kappa shape index (κ3) is 9.25. The Morgan fingerprint density at radius 2 is 0.769 bits per heavy atom. The number of rotatable bonds is 11. The highest BCUT2D eigenvalue weighted by atomic mass is 127. The Balaban J connectivity index is 0.00000312. The molecule has 0 aromatic heterocycles. The van der Waals surface area contributed by atoms with Crippen LogP contribution in [-0.2, 0) is 0 Å². The smallest absolute Gasteiger partial charge is 0.0788 e. The Hall–Kier alpha value is 1.38. The summed E-state index contributed by atoms with van der Waals surface area (Å²) in [5.74, 6) is 0. The maximum absolute atomic E-state index is 2.36. The molecule has 0 aliphatic carbocycles. The molecule has 2 aliphatic rings. The first-order chi connectivity index (χ1) is 11.7. The summed E-state index contributed by atoms with van der Waals surface area (Å²) in [7, 11) is 0. The van der Waals surface area contributed by atoms with Crippen molar-refractivity contribution in [1.82, 2.24) is 0 Å². The van der Waals surface area contributed by atoms with E-state index in [2.05, 4.69) is 13.8 Å². The Kier molecular flexibility index (Phi) is 16.1. The van der Waals surface area contributed by atoms with Crippen molar-refractivity contribution in [3.8, 4) is 0 Å². The number of hydrogen-bond acceptors (Lipinski definition) is 0. The minimum atomic E-state index is 0. The van der Waals surface area contributed by atoms with Crippen molar-refractivity contribution in [1.29, 1.82) is 0 Å². The van der Waals surface area contributed by atoms with Gasteiger partial charge in [-0.3, -0.25) is 0 Å². The molecule has 0 radical (unpaired) electrons. The van der Waals surface area contributed by atoms with Gasteiger partial charge in [0.2, 0.25) is 0 Å². The lowest BCUT2D eigenvalue weighted by Crippen LogP contribution is -3.00. The van der Waals surface area contributed by atoms with Crippen LogP contribution in [0.3, 0.4) is 0 Å². The number of likely N-dealkylation sites (tertiary alicyclic amines) is 2. The van der Waals surface area contributed by atoms with Crippen LogP contribution in [0.25, 0.3) is 0 Å². The molecule has 0 aromatic carbocycles. The highest BCUT2D eigenvalue weighted by Crippen LogP contribution is 2.24. The first-order valence-corrected chi connectivity index (χ1v) is 11.4. The molecule has 2 aliphatic heterocycles. The predicted molar refractivity (Wildman–Crippen MR) is 106 cm³/mol. The Bertz CT molecular complexity index is 292. The summed E-state index contributed by atoms with van der Waals surface area (Å²) in [6, 6.07) is 0. The summed E-state index contributed by atoms with van der Waals surface area (Å²) in [5, 5.41) is 0. The van der Waals surface area contributed by atoms with Crippen LogP contribution in [0, 0.1) is 0 Å². The van der Waals surface area contributed by atoms with Crippen molar-refractivity contribution in [2.45, 2.75) is 90.9 Å². The summed E-state index contributed by atoms with van der Waals surface area (Å²) >= 11 is 0. The molecule has 2 rings (SSSR count). The van der Waals surface area contributed by atoms with Gasteiger partial charge in [0.25, 0.3) is 0 Å². The van der Waals surface area contributed by atoms with E-state index in [1.807, 2.05) is 0 Å². The lowest BCUT2D eigenvalue weighted by Gasteiger charge is -2.43. The molecule has 2 saturated heterocycles. The SMILES string of the molecule is CCCC[N+]1(CCCC[N+]2(CCCC)CCCCC2)CCCCC1.[I-].[I-]. The van der Waals surface area contributed by atoms with Gasteiger partial charge in [0, 0.05) is 12.8 Å². The van der Waals surface area contributed by atoms with Crippen molar-refractivity contribution in [2.24, 2.45) is 0 Å². The van der Waals surface area contributed by atoms with E-state index in [0.29, 0.717) is 0 Å². The lowest BCUT2D eigenvalue weighted by atomic mass is 10.0. The molecule has 2 nitrogen and oxygen atoms in total. The van der Waals surface area contributed by atoms with Gasteiger partial charge in [0.1, 0.15) is 0 Å². The van der Waals surface area contributed by atoms with E-state index in [1.165, 1.54) is 138 Å². The number of nitrogens with zero attached hydrogens (tertiary/aromatic N) is 2. The van der Waals surface area contributed by atoms with Crippen molar-refractivity contribution >= 4 is 0 Å². The number of piperidine rings is 2. The summed E-state index contributed by atoms with van der Waals surface area (Å²) in [6.45, 7) is 16.5. The van der Waals surface area contributed by atoms with Gasteiger partial charge in [-0.1, -0.05) is 26.7 Å². The van der Waals surface area contributed by atoms with Crippen molar-refractivity contribution in [3.05, 3.63) is 0 Å². The lowest BCUT2D eigenvalue weighted by molar-refractivity contribution is -0.938. The molecule has 0 N–H and O–H groups in total. The summed E-state index contributed by atoms with van der Waals surface area (Å²) in [6.07, 6.45) is 17.5. The van der Waals surface area contributed by atoms with E-state index >= 15 is 0 Å². The Labute approximate surface area is 199 Å². The van der Waals surface area contributed by atoms with Crippen LogP contribution < -0.4 is 48.0 Å². The van der Waals surface area contributed by atoms with Gasteiger partial charge >= 0.3 is 0 Å². The highest BCUT2D eigenvalue weighted by Gasteiger charge is 2.31. The van der Waals surface area contributed by atoms with Crippen LogP contribution in [0.15, 0.2) is 0 Å². The zero-order chi connectivity index (χ0) is 17.1. The number of halogens is 2. The molecular formula is C22H46I2N2. The normalized spacial score (nSPS) is 21.5. The largest absolute Gasteiger partial charge is 1.00 e. The zero-order valence-corrected chi connectivity index (χ0v) is 22.1. The van der Waals surface area contributed by atoms with E-state index in [4.69, 9.17) is 0 Å². The fraction of sp³-hybridized carbons (Fsp3) is 1.00. The Morgan fingerprint density at radius 3 is 1.08 bits per heavy atom. The predicted octanol–water partition coefficient (Wildman–Crippen LogP) is -0.624. The minimum Gasteiger partial charge on any atom is -1.00 e. The molecule has 0 bridgehead atoms. The molecule has 4 heteroatoms. The zero-order valence-electron chi connectivity index (χ0n) is 17.8. The first kappa shape index (κ1) is 27.4. The molecule has 2 fully saturated rings. The molecule has 0 unspecified atom stereocenters. The highest BCUT2D eigenvalue weighted by molar-refractivity contribution is 4.58. The second kappa shape index (κ2) is 15.3. The third-order valence-corrected chi connectivity index (χ3v) is 7.02. The van der Waals surface area contributed by atoms with Crippen LogP contribution in [0.1, 0.15) is 90.9 Å². The first-order valence-electron chi connectivity index (χ1n) is 11.4. The minimum absolute atomic E-state index is 0. The average Bonchev–Trinajstić information content (AvgIpc) is 2.64. The molecule has 2 heterocycles. The van der Waals surface area contributed by atoms with Gasteiger partial charge in [0.15, 0.2) is 0 Å². The van der Waals surface area contributed by atoms with Crippen molar-refractivity contribution in [2.75, 3.05) is 52.4 Å². The molecule has 0 atom stereocenters. The van der Waals surface area contributed by atoms with E-state index in [1.54, 1.807) is 0 Å². The fourth-order valence-electron chi connectivity index (χ4n) is 5.37. The second-order valence-corrected chi connectivity index (χ2v) is 9.01. The van der Waals surface area contributed by atoms with E-state index in [-0.39, 0.29) is 48.0 Å². The summed E-state index contributed by atoms with van der Waals surface area (Å²) < 4.78 is 2.95. The molecule has 0 aromatic rings. The quantitative estimate of drug-likeness (QED) is 0.171. The molecule has 158 valence electrons. The molecule has 0 spiro atoms. The monoisotopic (exact) mass is 592 g/mol. The fourth-order valence-corrected chi connectivity index (χ4v) is 5.37. The number of hydrogen-bond donors (Lipinski definition) is 0. The van der Waals surface area contributed by atoms with Crippen LogP contribution in [0.4, 0.5) is 0 Å². The van der Waals surface area contributed by atoms with Crippen LogP contribution in [0.2, 0.25) is 0 Å². The molecule has 0 saturated carbocycles. The number of quaternary nitrogens is 2. The maximum Gasteiger partial charge on any atom is 0.0788 e. The average molecular weight is 592 g/mol. The van der Waals surface area contributed by atoms with Crippen molar-refractivity contribution in [3.63, 3.8) is 0 Å². The topological polar surface area (TPSA) is 0 Å². The van der Waals surface area contributed by atoms with Gasteiger partial charge in [-0.2, -0.15) is 0 Å². The second-order valence-electron chi connectivity index (χ2n) is 9.01. The van der Waals surface area contributed by atoms with Crippen LogP contribution >= 0.6 is 0 Å². The van der Waals surface area contributed by atoms with E-state index in [0.717, 1.165) is 0 Å². The Morgan fingerprint density at radius 1 is 0.462 bits per heavy atom. The van der Waals surface area contributed by atoms with Crippen molar-refractivity contribution < 1.29 is 56.9 Å². The third-order valence-electron chi connectivity index (χ3n) is 7.02. The van der Waals surface area contributed by atoms with Gasteiger partial charge in [-0.15, -0.1) is 0 Å². The maximum atomic E-state index is 2.36. The van der Waals surface area contributed by atoms with Crippen LogP contribution in [-0.4, -0.2) is 61.3 Å². The molecular weight excluding hydrogens is 546 g/mol. The van der Waals surface area contributed by atoms with E-state index < -0.39 is 0 Å². The van der Waals surface area contributed by atoms with Gasteiger partial charge in [-0.05, 0) is 51.4 Å². The van der Waals surface area contributed by atoms with Gasteiger partial charge in [0.05, 0.1) is 52.4 Å². The molecule has 26 heavy (non-hydrogen) atoms. The summed E-state index contributed by atoms with van der Waals surface area (Å²) in [4.78, 5) is 0. The van der Waals surface area contributed by atoms with E-state index in [9.17, 15) is 0 Å². The standard InChI is InChI=1S/C22H46N2.2HI/c1-3-5-15-23(17-9-7-10-18-23)21-13-14-22-24(16-6-4-2)19-11-8-12-20-24;;/h3-22H2,1-2H3;2*1H/q+2;;/p-2.